The summed E-state index contributed by atoms with van der Waals surface area (Å²) in [5.74, 6) is -0.474. The van der Waals surface area contributed by atoms with Gasteiger partial charge in [-0.3, -0.25) is 9.59 Å². The summed E-state index contributed by atoms with van der Waals surface area (Å²) in [4.78, 5) is 27.4. The molecule has 0 saturated carbocycles. The number of oxime groups is 1. The van der Waals surface area contributed by atoms with Gasteiger partial charge >= 0.3 is 0 Å². The fraction of sp³-hybridized carbons (Fsp3) is 0.125. The van der Waals surface area contributed by atoms with Gasteiger partial charge in [0.05, 0.1) is 22.0 Å². The molecule has 0 atom stereocenters. The summed E-state index contributed by atoms with van der Waals surface area (Å²) in [6.45, 7) is 0.514. The Bertz CT molecular complexity index is 1160. The summed E-state index contributed by atoms with van der Waals surface area (Å²) < 4.78 is 0. The number of nitrogens with one attached hydrogen (secondary N) is 1. The van der Waals surface area contributed by atoms with Crippen LogP contribution in [0, 0.1) is 0 Å². The largest absolute Gasteiger partial charge is 0.411 e. The van der Waals surface area contributed by atoms with Crippen molar-refractivity contribution in [3.63, 3.8) is 0 Å². The molecule has 0 aliphatic carbocycles. The molecule has 31 heavy (non-hydrogen) atoms. The molecule has 4 rings (SSSR count). The molecule has 6 nitrogen and oxygen atoms in total. The summed E-state index contributed by atoms with van der Waals surface area (Å²) in [5.41, 5.74) is 3.48. The number of hydrogen-bond donors (Lipinski definition) is 2. The van der Waals surface area contributed by atoms with E-state index in [2.05, 4.69) is 10.5 Å². The van der Waals surface area contributed by atoms with Crippen LogP contribution in [-0.2, 0) is 0 Å². The van der Waals surface area contributed by atoms with E-state index in [1.54, 1.807) is 53.4 Å². The summed E-state index contributed by atoms with van der Waals surface area (Å²) in [7, 11) is 0. The molecule has 1 aliphatic rings. The molecule has 2 amide bonds. The Morgan fingerprint density at radius 1 is 0.968 bits per heavy atom. The van der Waals surface area contributed by atoms with Crippen molar-refractivity contribution in [2.45, 2.75) is 12.8 Å². The second kappa shape index (κ2) is 9.02. The van der Waals surface area contributed by atoms with Crippen LogP contribution in [0.4, 0.5) is 11.4 Å². The van der Waals surface area contributed by atoms with Gasteiger partial charge < -0.3 is 15.4 Å². The summed E-state index contributed by atoms with van der Waals surface area (Å²) >= 11 is 6.08. The number of carbonyl (C=O) groups is 2. The Hall–Kier alpha value is -3.64. The molecule has 0 unspecified atom stereocenters. The van der Waals surface area contributed by atoms with Crippen LogP contribution >= 0.6 is 11.6 Å². The highest BCUT2D eigenvalue weighted by molar-refractivity contribution is 6.34. The maximum atomic E-state index is 13.2. The number of fused-ring (bicyclic) bond motifs is 1. The average molecular weight is 434 g/mol. The number of anilines is 2. The highest BCUT2D eigenvalue weighted by Crippen LogP contribution is 2.28. The molecule has 7 heteroatoms. The first kappa shape index (κ1) is 20.6. The van der Waals surface area contributed by atoms with Gasteiger partial charge in [-0.05, 0) is 55.3 Å². The van der Waals surface area contributed by atoms with Crippen molar-refractivity contribution in [2.75, 3.05) is 16.8 Å². The van der Waals surface area contributed by atoms with Crippen LogP contribution in [0.2, 0.25) is 5.02 Å². The van der Waals surface area contributed by atoms with Gasteiger partial charge in [-0.25, -0.2) is 0 Å². The first-order valence-electron chi connectivity index (χ1n) is 9.86. The molecule has 1 heterocycles. The number of benzene rings is 3. The number of amides is 2. The van der Waals surface area contributed by atoms with Gasteiger partial charge in [-0.15, -0.1) is 0 Å². The van der Waals surface area contributed by atoms with Crippen molar-refractivity contribution in [1.82, 2.24) is 0 Å². The Balaban J connectivity index is 1.55. The van der Waals surface area contributed by atoms with E-state index in [-0.39, 0.29) is 11.8 Å². The van der Waals surface area contributed by atoms with Gasteiger partial charge in [-0.1, -0.05) is 47.1 Å². The summed E-state index contributed by atoms with van der Waals surface area (Å²) in [5, 5.41) is 15.9. The lowest BCUT2D eigenvalue weighted by molar-refractivity contribution is 0.0985. The third-order valence-corrected chi connectivity index (χ3v) is 5.50. The van der Waals surface area contributed by atoms with E-state index >= 15 is 0 Å². The second-order valence-electron chi connectivity index (χ2n) is 7.14. The normalized spacial score (nSPS) is 14.6. The van der Waals surface area contributed by atoms with Crippen molar-refractivity contribution in [3.8, 4) is 0 Å². The maximum absolute atomic E-state index is 13.2. The van der Waals surface area contributed by atoms with Crippen LogP contribution in [0.3, 0.4) is 0 Å². The molecule has 0 bridgehead atoms. The van der Waals surface area contributed by atoms with E-state index in [1.165, 1.54) is 0 Å². The van der Waals surface area contributed by atoms with E-state index in [0.29, 0.717) is 52.6 Å². The zero-order valence-electron chi connectivity index (χ0n) is 16.6. The molecule has 3 aromatic carbocycles. The highest BCUT2D eigenvalue weighted by Gasteiger charge is 2.25. The number of hydrogen-bond acceptors (Lipinski definition) is 4. The minimum absolute atomic E-state index is 0.157. The van der Waals surface area contributed by atoms with Crippen LogP contribution in [0.25, 0.3) is 0 Å². The molecular weight excluding hydrogens is 414 g/mol. The quantitative estimate of drug-likeness (QED) is 0.439. The van der Waals surface area contributed by atoms with Crippen LogP contribution in [-0.4, -0.2) is 29.3 Å². The SMILES string of the molecule is O=C(Nc1ccc(C(=O)N2CCCC(=NO)c3ccccc32)cc1)c1ccccc1Cl. The third-order valence-electron chi connectivity index (χ3n) is 5.18. The van der Waals surface area contributed by atoms with Gasteiger partial charge in [0.1, 0.15) is 0 Å². The third kappa shape index (κ3) is 4.29. The molecule has 1 aliphatic heterocycles. The lowest BCUT2D eigenvalue weighted by atomic mass is 10.1. The first-order chi connectivity index (χ1) is 15.1. The molecule has 156 valence electrons. The minimum Gasteiger partial charge on any atom is -0.411 e. The van der Waals surface area contributed by atoms with Crippen molar-refractivity contribution < 1.29 is 14.8 Å². The summed E-state index contributed by atoms with van der Waals surface area (Å²) in [6.07, 6.45) is 1.27. The second-order valence-corrected chi connectivity index (χ2v) is 7.54. The Kier molecular flexibility index (Phi) is 6.00. The monoisotopic (exact) mass is 433 g/mol. The lowest BCUT2D eigenvalue weighted by Crippen LogP contribution is -2.31. The van der Waals surface area contributed by atoms with Crippen LogP contribution < -0.4 is 10.2 Å². The molecule has 0 aromatic heterocycles. The Morgan fingerprint density at radius 3 is 2.42 bits per heavy atom. The topological polar surface area (TPSA) is 82.0 Å². The van der Waals surface area contributed by atoms with Crippen molar-refractivity contribution in [1.29, 1.82) is 0 Å². The first-order valence-corrected chi connectivity index (χ1v) is 10.2. The fourth-order valence-electron chi connectivity index (χ4n) is 3.62. The standard InChI is InChI=1S/C24H20ClN3O3/c25-20-8-3-1-6-18(20)23(29)26-17-13-11-16(12-14-17)24(30)28-15-5-9-21(27-31)19-7-2-4-10-22(19)28/h1-4,6-8,10-14,31H,5,9,15H2,(H,26,29). The molecule has 0 radical (unpaired) electrons. The van der Waals surface area contributed by atoms with Crippen molar-refractivity contribution >= 4 is 40.5 Å². The molecule has 3 aromatic rings. The lowest BCUT2D eigenvalue weighted by Gasteiger charge is -2.23. The van der Waals surface area contributed by atoms with Crippen LogP contribution in [0.1, 0.15) is 39.1 Å². The van der Waals surface area contributed by atoms with E-state index in [4.69, 9.17) is 11.6 Å². The molecule has 0 saturated heterocycles. The molecule has 0 fully saturated rings. The van der Waals surface area contributed by atoms with Crippen molar-refractivity contribution in [2.24, 2.45) is 5.16 Å². The van der Waals surface area contributed by atoms with Gasteiger partial charge in [0, 0.05) is 23.4 Å². The predicted octanol–water partition coefficient (Wildman–Crippen LogP) is 5.21. The Morgan fingerprint density at radius 2 is 1.68 bits per heavy atom. The number of para-hydroxylation sites is 1. The van der Waals surface area contributed by atoms with Gasteiger partial charge in [0.15, 0.2) is 0 Å². The minimum atomic E-state index is -0.318. The van der Waals surface area contributed by atoms with Gasteiger partial charge in [0.25, 0.3) is 11.8 Å². The molecular formula is C24H20ClN3O3. The van der Waals surface area contributed by atoms with Crippen molar-refractivity contribution in [3.05, 3.63) is 94.5 Å². The Labute approximate surface area is 184 Å². The van der Waals surface area contributed by atoms with E-state index < -0.39 is 0 Å². The van der Waals surface area contributed by atoms with E-state index in [0.717, 1.165) is 5.56 Å². The zero-order chi connectivity index (χ0) is 21.8. The van der Waals surface area contributed by atoms with Crippen LogP contribution in [0.15, 0.2) is 78.0 Å². The molecule has 0 spiro atoms. The van der Waals surface area contributed by atoms with Gasteiger partial charge in [-0.2, -0.15) is 0 Å². The highest BCUT2D eigenvalue weighted by atomic mass is 35.5. The average Bonchev–Trinajstić information content (AvgIpc) is 2.99. The zero-order valence-corrected chi connectivity index (χ0v) is 17.3. The predicted molar refractivity (Wildman–Crippen MR) is 122 cm³/mol. The van der Waals surface area contributed by atoms with Crippen LogP contribution in [0.5, 0.6) is 0 Å². The number of carbonyl (C=O) groups excluding carboxylic acids is 2. The van der Waals surface area contributed by atoms with E-state index in [1.807, 2.05) is 24.3 Å². The van der Waals surface area contributed by atoms with Gasteiger partial charge in [0.2, 0.25) is 0 Å². The number of rotatable bonds is 3. The number of halogens is 1. The maximum Gasteiger partial charge on any atom is 0.258 e. The fourth-order valence-corrected chi connectivity index (χ4v) is 3.84. The van der Waals surface area contributed by atoms with E-state index in [9.17, 15) is 14.8 Å². The number of nitrogens with zero attached hydrogens (tertiary/aromatic N) is 2. The summed E-state index contributed by atoms with van der Waals surface area (Å²) in [6, 6.07) is 21.0. The molecule has 2 N–H and O–H groups in total. The smallest absolute Gasteiger partial charge is 0.258 e.